The third kappa shape index (κ3) is 2.28. The minimum Gasteiger partial charge on any atom is -0.380 e. The Morgan fingerprint density at radius 3 is 2.60 bits per heavy atom. The maximum absolute atomic E-state index is 14.0. The largest absolute Gasteiger partial charge is 0.380 e. The number of rotatable bonds is 2. The van der Waals surface area contributed by atoms with Crippen molar-refractivity contribution in [3.63, 3.8) is 0 Å². The monoisotopic (exact) mass is 278 g/mol. The molecular formula is C15H16F2N2O. The van der Waals surface area contributed by atoms with Gasteiger partial charge in [0, 0.05) is 17.5 Å². The van der Waals surface area contributed by atoms with Crippen LogP contribution in [0.1, 0.15) is 43.8 Å². The van der Waals surface area contributed by atoms with Crippen molar-refractivity contribution in [3.05, 3.63) is 35.6 Å². The van der Waals surface area contributed by atoms with E-state index < -0.39 is 11.6 Å². The first-order valence-corrected chi connectivity index (χ1v) is 6.87. The molecule has 2 N–H and O–H groups in total. The van der Waals surface area contributed by atoms with Crippen LogP contribution in [0.4, 0.5) is 14.6 Å². The van der Waals surface area contributed by atoms with Crippen molar-refractivity contribution in [2.75, 3.05) is 5.73 Å². The van der Waals surface area contributed by atoms with Crippen LogP contribution in [-0.2, 0) is 0 Å². The molecule has 106 valence electrons. The van der Waals surface area contributed by atoms with Gasteiger partial charge in [0.2, 0.25) is 0 Å². The molecule has 1 heterocycles. The predicted octanol–water partition coefficient (Wildman–Crippen LogP) is 4.25. The average Bonchev–Trinajstić information content (AvgIpc) is 2.82. The predicted molar refractivity (Wildman–Crippen MR) is 72.1 cm³/mol. The number of hydrogen-bond acceptors (Lipinski definition) is 3. The Bertz CT molecular complexity index is 618. The third-order valence-electron chi connectivity index (χ3n) is 3.92. The summed E-state index contributed by atoms with van der Waals surface area (Å²) in [5, 5.41) is 3.77. The Morgan fingerprint density at radius 2 is 1.90 bits per heavy atom. The number of nitrogens with two attached hydrogens (primary N) is 1. The van der Waals surface area contributed by atoms with Gasteiger partial charge in [-0.1, -0.05) is 24.4 Å². The number of nitrogens with zero attached hydrogens (tertiary/aromatic N) is 1. The normalized spacial score (nSPS) is 16.5. The van der Waals surface area contributed by atoms with Crippen molar-refractivity contribution in [2.45, 2.75) is 38.0 Å². The summed E-state index contributed by atoms with van der Waals surface area (Å²) < 4.78 is 32.3. The number of anilines is 1. The molecule has 0 spiro atoms. The fraction of sp³-hybridized carbons (Fsp3) is 0.400. The molecule has 0 saturated heterocycles. The van der Waals surface area contributed by atoms with E-state index in [1.807, 2.05) is 0 Å². The summed E-state index contributed by atoms with van der Waals surface area (Å²) in [5.41, 5.74) is 6.56. The molecule has 1 aromatic heterocycles. The van der Waals surface area contributed by atoms with Crippen LogP contribution in [-0.4, -0.2) is 5.16 Å². The zero-order chi connectivity index (χ0) is 14.1. The fourth-order valence-corrected chi connectivity index (χ4v) is 2.92. The highest BCUT2D eigenvalue weighted by Gasteiger charge is 2.27. The quantitative estimate of drug-likeness (QED) is 0.893. The van der Waals surface area contributed by atoms with Gasteiger partial charge in [-0.15, -0.1) is 0 Å². The fourth-order valence-electron chi connectivity index (χ4n) is 2.92. The zero-order valence-corrected chi connectivity index (χ0v) is 11.0. The molecule has 3 nitrogen and oxygen atoms in total. The van der Waals surface area contributed by atoms with Gasteiger partial charge >= 0.3 is 0 Å². The minimum absolute atomic E-state index is 0.163. The van der Waals surface area contributed by atoms with Crippen LogP contribution < -0.4 is 5.73 Å². The lowest BCUT2D eigenvalue weighted by Gasteiger charge is -2.20. The Kier molecular flexibility index (Phi) is 3.42. The highest BCUT2D eigenvalue weighted by molar-refractivity contribution is 5.76. The summed E-state index contributed by atoms with van der Waals surface area (Å²) in [6, 6.07) is 3.46. The average molecular weight is 278 g/mol. The van der Waals surface area contributed by atoms with E-state index in [4.69, 9.17) is 10.3 Å². The summed E-state index contributed by atoms with van der Waals surface area (Å²) in [7, 11) is 0. The molecule has 1 aliphatic carbocycles. The topological polar surface area (TPSA) is 52.0 Å². The molecule has 0 atom stereocenters. The lowest BCUT2D eigenvalue weighted by molar-refractivity contribution is 0.323. The van der Waals surface area contributed by atoms with E-state index in [0.29, 0.717) is 11.3 Å². The number of hydrogen-bond donors (Lipinski definition) is 1. The van der Waals surface area contributed by atoms with Gasteiger partial charge in [0.25, 0.3) is 0 Å². The van der Waals surface area contributed by atoms with E-state index in [0.717, 1.165) is 31.7 Å². The smallest absolute Gasteiger partial charge is 0.175 e. The first-order valence-electron chi connectivity index (χ1n) is 6.87. The SMILES string of the molecule is Nc1noc(C2CCCCC2)c1-c1ccc(F)cc1F. The molecular weight excluding hydrogens is 262 g/mol. The minimum atomic E-state index is -0.642. The molecule has 1 saturated carbocycles. The Balaban J connectivity index is 2.06. The van der Waals surface area contributed by atoms with Crippen LogP contribution in [0.25, 0.3) is 11.1 Å². The van der Waals surface area contributed by atoms with Gasteiger partial charge < -0.3 is 10.3 Å². The lowest BCUT2D eigenvalue weighted by Crippen LogP contribution is -2.05. The molecule has 3 rings (SSSR count). The van der Waals surface area contributed by atoms with Crippen LogP contribution >= 0.6 is 0 Å². The summed E-state index contributed by atoms with van der Waals surface area (Å²) in [6.45, 7) is 0. The number of benzene rings is 1. The van der Waals surface area contributed by atoms with E-state index in [2.05, 4.69) is 5.16 Å². The first kappa shape index (κ1) is 13.1. The molecule has 0 radical (unpaired) electrons. The lowest BCUT2D eigenvalue weighted by atomic mass is 9.85. The maximum Gasteiger partial charge on any atom is 0.175 e. The first-order chi connectivity index (χ1) is 9.66. The molecule has 0 unspecified atom stereocenters. The van der Waals surface area contributed by atoms with Crippen LogP contribution in [0, 0.1) is 11.6 Å². The van der Waals surface area contributed by atoms with Crippen molar-refractivity contribution >= 4 is 5.82 Å². The van der Waals surface area contributed by atoms with Crippen molar-refractivity contribution in [3.8, 4) is 11.1 Å². The van der Waals surface area contributed by atoms with Gasteiger partial charge in [-0.25, -0.2) is 8.78 Å². The Hall–Kier alpha value is -1.91. The number of aromatic nitrogens is 1. The van der Waals surface area contributed by atoms with Gasteiger partial charge in [-0.05, 0) is 25.0 Å². The van der Waals surface area contributed by atoms with Crippen molar-refractivity contribution in [1.29, 1.82) is 0 Å². The summed E-state index contributed by atoms with van der Waals surface area (Å²) >= 11 is 0. The van der Waals surface area contributed by atoms with Crippen molar-refractivity contribution in [1.82, 2.24) is 5.16 Å². The second-order valence-electron chi connectivity index (χ2n) is 5.27. The third-order valence-corrected chi connectivity index (χ3v) is 3.92. The van der Waals surface area contributed by atoms with E-state index in [1.165, 1.54) is 18.6 Å². The molecule has 0 bridgehead atoms. The summed E-state index contributed by atoms with van der Waals surface area (Å²) in [6.07, 6.45) is 5.43. The number of halogens is 2. The van der Waals surface area contributed by atoms with E-state index in [-0.39, 0.29) is 17.3 Å². The molecule has 0 amide bonds. The standard InChI is InChI=1S/C15H16F2N2O/c16-10-6-7-11(12(17)8-10)13-14(20-19-15(13)18)9-4-2-1-3-5-9/h6-9H,1-5H2,(H2,18,19). The van der Waals surface area contributed by atoms with Gasteiger partial charge in [-0.2, -0.15) is 0 Å². The zero-order valence-electron chi connectivity index (χ0n) is 11.0. The Morgan fingerprint density at radius 1 is 1.15 bits per heavy atom. The molecule has 2 aromatic rings. The maximum atomic E-state index is 14.0. The van der Waals surface area contributed by atoms with Gasteiger partial charge in [0.1, 0.15) is 17.4 Å². The van der Waals surface area contributed by atoms with Crippen molar-refractivity contribution in [2.24, 2.45) is 0 Å². The second-order valence-corrected chi connectivity index (χ2v) is 5.27. The molecule has 20 heavy (non-hydrogen) atoms. The van der Waals surface area contributed by atoms with Gasteiger partial charge in [0.15, 0.2) is 5.82 Å². The molecule has 0 aliphatic heterocycles. The molecule has 1 aromatic carbocycles. The number of nitrogen functional groups attached to an aromatic ring is 1. The van der Waals surface area contributed by atoms with E-state index in [1.54, 1.807) is 0 Å². The highest BCUT2D eigenvalue weighted by atomic mass is 19.1. The van der Waals surface area contributed by atoms with E-state index >= 15 is 0 Å². The van der Waals surface area contributed by atoms with Crippen molar-refractivity contribution < 1.29 is 13.3 Å². The van der Waals surface area contributed by atoms with Crippen LogP contribution in [0.2, 0.25) is 0 Å². The summed E-state index contributed by atoms with van der Waals surface area (Å²) in [4.78, 5) is 0. The molecule has 1 fully saturated rings. The molecule has 1 aliphatic rings. The van der Waals surface area contributed by atoms with Gasteiger partial charge in [-0.3, -0.25) is 0 Å². The van der Waals surface area contributed by atoms with Crippen LogP contribution in [0.15, 0.2) is 22.7 Å². The Labute approximate surface area is 115 Å². The van der Waals surface area contributed by atoms with Crippen LogP contribution in [0.5, 0.6) is 0 Å². The van der Waals surface area contributed by atoms with E-state index in [9.17, 15) is 8.78 Å². The molecule has 5 heteroatoms. The van der Waals surface area contributed by atoms with Crippen LogP contribution in [0.3, 0.4) is 0 Å². The van der Waals surface area contributed by atoms with Gasteiger partial charge in [0.05, 0.1) is 5.56 Å². The highest BCUT2D eigenvalue weighted by Crippen LogP contribution is 2.41. The second kappa shape index (κ2) is 5.23. The summed E-state index contributed by atoms with van der Waals surface area (Å²) in [5.74, 6) is -0.241.